The Morgan fingerprint density at radius 1 is 1.28 bits per heavy atom. The molecule has 25 heavy (non-hydrogen) atoms. The van der Waals surface area contributed by atoms with Gasteiger partial charge >= 0.3 is 0 Å². The van der Waals surface area contributed by atoms with Crippen molar-refractivity contribution in [2.24, 2.45) is 0 Å². The molecule has 1 aromatic carbocycles. The van der Waals surface area contributed by atoms with E-state index in [2.05, 4.69) is 53.9 Å². The highest BCUT2D eigenvalue weighted by Gasteiger charge is 2.28. The SMILES string of the molecule is Cc1ccc(-n2cccn2)c(CN2CCN(C(C)C)[C@H](CCO)C2)c1. The minimum Gasteiger partial charge on any atom is -0.396 e. The number of aliphatic hydroxyl groups excluding tert-OH is 1. The predicted molar refractivity (Wildman–Crippen MR) is 101 cm³/mol. The van der Waals surface area contributed by atoms with Gasteiger partial charge in [0.25, 0.3) is 0 Å². The molecule has 1 fully saturated rings. The largest absolute Gasteiger partial charge is 0.396 e. The maximum absolute atomic E-state index is 9.44. The molecule has 0 spiro atoms. The first-order chi connectivity index (χ1) is 12.1. The third kappa shape index (κ3) is 4.29. The number of rotatable bonds is 6. The van der Waals surface area contributed by atoms with Crippen molar-refractivity contribution >= 4 is 0 Å². The second kappa shape index (κ2) is 8.13. The second-order valence-corrected chi connectivity index (χ2v) is 7.32. The summed E-state index contributed by atoms with van der Waals surface area (Å²) in [5.74, 6) is 0. The first kappa shape index (κ1) is 18.1. The van der Waals surface area contributed by atoms with Crippen LogP contribution in [0.15, 0.2) is 36.7 Å². The molecule has 0 unspecified atom stereocenters. The monoisotopic (exact) mass is 342 g/mol. The molecule has 5 nitrogen and oxygen atoms in total. The predicted octanol–water partition coefficient (Wildman–Crippen LogP) is 2.46. The van der Waals surface area contributed by atoms with Crippen LogP contribution >= 0.6 is 0 Å². The number of hydrogen-bond donors (Lipinski definition) is 1. The molecule has 5 heteroatoms. The number of benzene rings is 1. The fraction of sp³-hybridized carbons (Fsp3) is 0.550. The van der Waals surface area contributed by atoms with Gasteiger partial charge < -0.3 is 5.11 Å². The van der Waals surface area contributed by atoms with Crippen LogP contribution in [-0.4, -0.2) is 63.0 Å². The maximum Gasteiger partial charge on any atom is 0.0690 e. The van der Waals surface area contributed by atoms with E-state index in [9.17, 15) is 5.11 Å². The standard InChI is InChI=1S/C20H30N4O/c1-16(2)23-11-10-22(15-19(23)7-12-25)14-18-13-17(3)5-6-20(18)24-9-4-8-21-24/h4-6,8-9,13,16,19,25H,7,10-12,14-15H2,1-3H3/t19-/m1/s1. The quantitative estimate of drug-likeness (QED) is 0.876. The molecule has 0 aliphatic carbocycles. The zero-order chi connectivity index (χ0) is 17.8. The van der Waals surface area contributed by atoms with Crippen LogP contribution in [0.25, 0.3) is 5.69 Å². The molecule has 1 saturated heterocycles. The first-order valence-corrected chi connectivity index (χ1v) is 9.27. The number of aliphatic hydroxyl groups is 1. The summed E-state index contributed by atoms with van der Waals surface area (Å²) in [6, 6.07) is 9.49. The third-order valence-electron chi connectivity index (χ3n) is 5.12. The fourth-order valence-corrected chi connectivity index (χ4v) is 3.88. The maximum atomic E-state index is 9.44. The van der Waals surface area contributed by atoms with Crippen LogP contribution in [0.5, 0.6) is 0 Å². The molecule has 0 bridgehead atoms. The summed E-state index contributed by atoms with van der Waals surface area (Å²) in [4.78, 5) is 5.04. The van der Waals surface area contributed by atoms with Crippen molar-refractivity contribution in [3.05, 3.63) is 47.8 Å². The third-order valence-corrected chi connectivity index (χ3v) is 5.12. The minimum atomic E-state index is 0.255. The van der Waals surface area contributed by atoms with Crippen molar-refractivity contribution < 1.29 is 5.11 Å². The lowest BCUT2D eigenvalue weighted by atomic mass is 10.0. The van der Waals surface area contributed by atoms with Crippen molar-refractivity contribution in [3.8, 4) is 5.69 Å². The highest BCUT2D eigenvalue weighted by molar-refractivity contribution is 5.42. The van der Waals surface area contributed by atoms with Gasteiger partial charge in [-0.15, -0.1) is 0 Å². The Labute approximate surface area is 150 Å². The van der Waals surface area contributed by atoms with E-state index < -0.39 is 0 Å². The van der Waals surface area contributed by atoms with Crippen molar-refractivity contribution in [1.29, 1.82) is 0 Å². The number of aromatic nitrogens is 2. The summed E-state index contributed by atoms with van der Waals surface area (Å²) in [6.07, 6.45) is 4.66. The van der Waals surface area contributed by atoms with Crippen molar-refractivity contribution in [2.75, 3.05) is 26.2 Å². The Kier molecular flexibility index (Phi) is 5.89. The van der Waals surface area contributed by atoms with E-state index in [0.717, 1.165) is 38.3 Å². The topological polar surface area (TPSA) is 44.5 Å². The average Bonchev–Trinajstić information content (AvgIpc) is 3.09. The molecule has 0 radical (unpaired) electrons. The van der Waals surface area contributed by atoms with E-state index in [1.807, 2.05) is 23.1 Å². The van der Waals surface area contributed by atoms with Crippen LogP contribution in [0.3, 0.4) is 0 Å². The summed E-state index contributed by atoms with van der Waals surface area (Å²) in [7, 11) is 0. The molecule has 1 aromatic heterocycles. The lowest BCUT2D eigenvalue weighted by Gasteiger charge is -2.43. The second-order valence-electron chi connectivity index (χ2n) is 7.32. The van der Waals surface area contributed by atoms with Gasteiger partial charge in [0.1, 0.15) is 0 Å². The molecule has 0 amide bonds. The zero-order valence-electron chi connectivity index (χ0n) is 15.6. The van der Waals surface area contributed by atoms with Gasteiger partial charge in [0.15, 0.2) is 0 Å². The van der Waals surface area contributed by atoms with Gasteiger partial charge in [0.05, 0.1) is 5.69 Å². The van der Waals surface area contributed by atoms with Gasteiger partial charge in [-0.2, -0.15) is 5.10 Å². The van der Waals surface area contributed by atoms with E-state index in [1.54, 1.807) is 0 Å². The van der Waals surface area contributed by atoms with Crippen LogP contribution in [0.4, 0.5) is 0 Å². The molecular formula is C20H30N4O. The average molecular weight is 342 g/mol. The Hall–Kier alpha value is -1.69. The van der Waals surface area contributed by atoms with Crippen molar-refractivity contribution in [1.82, 2.24) is 19.6 Å². The summed E-state index contributed by atoms with van der Waals surface area (Å²) in [5.41, 5.74) is 3.74. The van der Waals surface area contributed by atoms with E-state index in [-0.39, 0.29) is 6.61 Å². The molecule has 1 N–H and O–H groups in total. The van der Waals surface area contributed by atoms with E-state index in [0.29, 0.717) is 12.1 Å². The van der Waals surface area contributed by atoms with Crippen molar-refractivity contribution in [3.63, 3.8) is 0 Å². The van der Waals surface area contributed by atoms with Gasteiger partial charge in [-0.1, -0.05) is 17.7 Å². The molecule has 1 aliphatic rings. The molecule has 2 aromatic rings. The molecule has 136 valence electrons. The van der Waals surface area contributed by atoms with Gasteiger partial charge in [0, 0.05) is 57.3 Å². The number of aryl methyl sites for hydroxylation is 1. The fourth-order valence-electron chi connectivity index (χ4n) is 3.88. The lowest BCUT2D eigenvalue weighted by Crippen LogP contribution is -2.55. The number of piperazine rings is 1. The summed E-state index contributed by atoms with van der Waals surface area (Å²) >= 11 is 0. The minimum absolute atomic E-state index is 0.255. The first-order valence-electron chi connectivity index (χ1n) is 9.27. The molecule has 2 heterocycles. The molecule has 0 saturated carbocycles. The van der Waals surface area contributed by atoms with Gasteiger partial charge in [0.2, 0.25) is 0 Å². The molecule has 1 aliphatic heterocycles. The Bertz CT molecular complexity index is 668. The Morgan fingerprint density at radius 3 is 2.80 bits per heavy atom. The van der Waals surface area contributed by atoms with Gasteiger partial charge in [-0.3, -0.25) is 9.80 Å². The Morgan fingerprint density at radius 2 is 2.12 bits per heavy atom. The van der Waals surface area contributed by atoms with E-state index in [1.165, 1.54) is 11.1 Å². The lowest BCUT2D eigenvalue weighted by molar-refractivity contribution is 0.0349. The smallest absolute Gasteiger partial charge is 0.0690 e. The normalized spacial score (nSPS) is 19.6. The van der Waals surface area contributed by atoms with Gasteiger partial charge in [-0.05, 0) is 44.9 Å². The van der Waals surface area contributed by atoms with Crippen LogP contribution in [0.1, 0.15) is 31.4 Å². The van der Waals surface area contributed by atoms with Crippen LogP contribution in [-0.2, 0) is 6.54 Å². The highest BCUT2D eigenvalue weighted by Crippen LogP contribution is 2.22. The van der Waals surface area contributed by atoms with Crippen LogP contribution in [0, 0.1) is 6.92 Å². The van der Waals surface area contributed by atoms with Crippen LogP contribution in [0.2, 0.25) is 0 Å². The number of hydrogen-bond acceptors (Lipinski definition) is 4. The zero-order valence-corrected chi connectivity index (χ0v) is 15.6. The summed E-state index contributed by atoms with van der Waals surface area (Å²) < 4.78 is 1.95. The van der Waals surface area contributed by atoms with E-state index >= 15 is 0 Å². The highest BCUT2D eigenvalue weighted by atomic mass is 16.3. The van der Waals surface area contributed by atoms with Gasteiger partial charge in [-0.25, -0.2) is 4.68 Å². The molecule has 3 rings (SSSR count). The molecule has 1 atom stereocenters. The summed E-state index contributed by atoms with van der Waals surface area (Å²) in [5, 5.41) is 13.8. The van der Waals surface area contributed by atoms with E-state index in [4.69, 9.17) is 0 Å². The van der Waals surface area contributed by atoms with Crippen molar-refractivity contribution in [2.45, 2.75) is 45.8 Å². The molecular weight excluding hydrogens is 312 g/mol. The summed E-state index contributed by atoms with van der Waals surface area (Å²) in [6.45, 7) is 10.9. The number of nitrogens with zero attached hydrogens (tertiary/aromatic N) is 4. The van der Waals surface area contributed by atoms with Crippen LogP contribution < -0.4 is 0 Å². The Balaban J connectivity index is 1.77.